The molecule has 0 aliphatic carbocycles. The number of hydrogen-bond donors (Lipinski definition) is 1. The Labute approximate surface area is 121 Å². The van der Waals surface area contributed by atoms with Crippen LogP contribution in [0.4, 0.5) is 0 Å². The third-order valence-corrected chi connectivity index (χ3v) is 3.74. The molecule has 0 saturated carbocycles. The van der Waals surface area contributed by atoms with Crippen LogP contribution < -0.4 is 5.32 Å². The molecule has 1 aromatic heterocycles. The average Bonchev–Trinajstić information content (AvgIpc) is 2.91. The Bertz CT molecular complexity index is 546. The van der Waals surface area contributed by atoms with Gasteiger partial charge in [-0.1, -0.05) is 29.8 Å². The molecule has 0 atom stereocenters. The van der Waals surface area contributed by atoms with E-state index in [0.717, 1.165) is 12.0 Å². The van der Waals surface area contributed by atoms with Crippen molar-refractivity contribution in [1.82, 2.24) is 5.32 Å². The lowest BCUT2D eigenvalue weighted by Crippen LogP contribution is -2.23. The third-order valence-electron chi connectivity index (χ3n) is 2.55. The highest BCUT2D eigenvalue weighted by Crippen LogP contribution is 2.10. The van der Waals surface area contributed by atoms with Crippen LogP contribution in [-0.2, 0) is 11.2 Å². The lowest BCUT2D eigenvalue weighted by Gasteiger charge is -2.00. The van der Waals surface area contributed by atoms with Crippen molar-refractivity contribution in [2.75, 3.05) is 6.54 Å². The van der Waals surface area contributed by atoms with Crippen molar-refractivity contribution in [2.24, 2.45) is 0 Å². The summed E-state index contributed by atoms with van der Waals surface area (Å²) in [5.41, 5.74) is 0.956. The van der Waals surface area contributed by atoms with E-state index in [1.807, 2.05) is 23.6 Å². The Morgan fingerprint density at radius 1 is 1.26 bits per heavy atom. The van der Waals surface area contributed by atoms with Gasteiger partial charge in [0.2, 0.25) is 5.91 Å². The fourth-order valence-electron chi connectivity index (χ4n) is 1.57. The van der Waals surface area contributed by atoms with Crippen LogP contribution in [0.5, 0.6) is 0 Å². The van der Waals surface area contributed by atoms with Crippen LogP contribution in [0.3, 0.4) is 0 Å². The molecule has 19 heavy (non-hydrogen) atoms. The summed E-state index contributed by atoms with van der Waals surface area (Å²) >= 11 is 7.49. The van der Waals surface area contributed by atoms with E-state index in [4.69, 9.17) is 11.6 Å². The molecule has 2 nitrogen and oxygen atoms in total. The number of rotatable bonds is 5. The van der Waals surface area contributed by atoms with Crippen molar-refractivity contribution in [3.05, 3.63) is 63.3 Å². The van der Waals surface area contributed by atoms with Gasteiger partial charge in [0.25, 0.3) is 0 Å². The molecule has 1 N–H and O–H groups in total. The smallest absolute Gasteiger partial charge is 0.244 e. The van der Waals surface area contributed by atoms with Gasteiger partial charge in [-0.3, -0.25) is 4.79 Å². The van der Waals surface area contributed by atoms with E-state index in [1.165, 1.54) is 11.0 Å². The summed E-state index contributed by atoms with van der Waals surface area (Å²) in [5, 5.41) is 5.59. The quantitative estimate of drug-likeness (QED) is 0.835. The zero-order valence-electron chi connectivity index (χ0n) is 10.3. The molecule has 1 amide bonds. The van der Waals surface area contributed by atoms with Crippen LogP contribution in [0.15, 0.2) is 47.9 Å². The van der Waals surface area contributed by atoms with Crippen molar-refractivity contribution >= 4 is 34.9 Å². The highest BCUT2D eigenvalue weighted by molar-refractivity contribution is 7.09. The maximum absolute atomic E-state index is 11.6. The number of hydrogen-bond acceptors (Lipinski definition) is 2. The summed E-state index contributed by atoms with van der Waals surface area (Å²) in [6.45, 7) is 0.657. The molecule has 1 aromatic carbocycles. The Hall–Kier alpha value is -1.58. The Balaban J connectivity index is 1.76. The summed E-state index contributed by atoms with van der Waals surface area (Å²) in [6, 6.07) is 11.4. The van der Waals surface area contributed by atoms with Gasteiger partial charge in [0, 0.05) is 22.5 Å². The first-order valence-electron chi connectivity index (χ1n) is 5.98. The number of carbonyl (C=O) groups excluding carboxylic acids is 1. The van der Waals surface area contributed by atoms with Crippen LogP contribution in [-0.4, -0.2) is 12.5 Å². The molecule has 0 aliphatic heterocycles. The molecule has 0 bridgehead atoms. The number of carbonyl (C=O) groups is 1. The Morgan fingerprint density at radius 3 is 2.74 bits per heavy atom. The minimum atomic E-state index is -0.0773. The van der Waals surface area contributed by atoms with Crippen LogP contribution >= 0.6 is 22.9 Å². The van der Waals surface area contributed by atoms with Gasteiger partial charge in [0.1, 0.15) is 0 Å². The molecule has 2 rings (SSSR count). The van der Waals surface area contributed by atoms with Gasteiger partial charge in [0.15, 0.2) is 0 Å². The van der Waals surface area contributed by atoms with Crippen LogP contribution in [0.25, 0.3) is 6.08 Å². The molecule has 0 saturated heterocycles. The molecular weight excluding hydrogens is 278 g/mol. The number of amides is 1. The largest absolute Gasteiger partial charge is 0.352 e. The second kappa shape index (κ2) is 7.12. The van der Waals surface area contributed by atoms with Gasteiger partial charge in [-0.05, 0) is 41.6 Å². The van der Waals surface area contributed by atoms with E-state index >= 15 is 0 Å². The van der Waals surface area contributed by atoms with Gasteiger partial charge in [-0.15, -0.1) is 11.3 Å². The van der Waals surface area contributed by atoms with Crippen molar-refractivity contribution < 1.29 is 4.79 Å². The molecule has 0 fully saturated rings. The zero-order chi connectivity index (χ0) is 13.5. The number of nitrogens with one attached hydrogen (secondary N) is 1. The zero-order valence-corrected chi connectivity index (χ0v) is 11.9. The molecule has 98 valence electrons. The molecular formula is C15H14ClNOS. The van der Waals surface area contributed by atoms with Gasteiger partial charge < -0.3 is 5.32 Å². The molecule has 0 radical (unpaired) electrons. The first-order chi connectivity index (χ1) is 9.24. The molecule has 0 aliphatic rings. The highest BCUT2D eigenvalue weighted by Gasteiger charge is 1.97. The fourth-order valence-corrected chi connectivity index (χ4v) is 2.40. The lowest BCUT2D eigenvalue weighted by molar-refractivity contribution is -0.116. The van der Waals surface area contributed by atoms with Crippen molar-refractivity contribution in [3.63, 3.8) is 0 Å². The minimum Gasteiger partial charge on any atom is -0.352 e. The van der Waals surface area contributed by atoms with Crippen LogP contribution in [0.2, 0.25) is 5.02 Å². The van der Waals surface area contributed by atoms with Crippen LogP contribution in [0.1, 0.15) is 10.4 Å². The summed E-state index contributed by atoms with van der Waals surface area (Å²) in [6.07, 6.45) is 4.19. The monoisotopic (exact) mass is 291 g/mol. The summed E-state index contributed by atoms with van der Waals surface area (Å²) in [4.78, 5) is 12.9. The third kappa shape index (κ3) is 4.89. The first-order valence-corrected chi connectivity index (χ1v) is 7.24. The number of benzene rings is 1. The molecule has 4 heteroatoms. The van der Waals surface area contributed by atoms with E-state index in [1.54, 1.807) is 29.5 Å². The SMILES string of the molecule is O=C(/C=C/c1ccc(Cl)cc1)NCCc1cccs1. The van der Waals surface area contributed by atoms with Gasteiger partial charge >= 0.3 is 0 Å². The van der Waals surface area contributed by atoms with Crippen molar-refractivity contribution in [3.8, 4) is 0 Å². The Morgan fingerprint density at radius 2 is 2.05 bits per heavy atom. The topological polar surface area (TPSA) is 29.1 Å². The average molecular weight is 292 g/mol. The van der Waals surface area contributed by atoms with E-state index in [0.29, 0.717) is 11.6 Å². The number of thiophene rings is 1. The maximum Gasteiger partial charge on any atom is 0.244 e. The predicted molar refractivity (Wildman–Crippen MR) is 81.5 cm³/mol. The highest BCUT2D eigenvalue weighted by atomic mass is 35.5. The lowest BCUT2D eigenvalue weighted by atomic mass is 10.2. The first kappa shape index (κ1) is 13.8. The van der Waals surface area contributed by atoms with Crippen molar-refractivity contribution in [2.45, 2.75) is 6.42 Å². The van der Waals surface area contributed by atoms with Gasteiger partial charge in [-0.2, -0.15) is 0 Å². The second-order valence-electron chi connectivity index (χ2n) is 4.01. The minimum absolute atomic E-state index is 0.0773. The Kier molecular flexibility index (Phi) is 5.19. The number of halogens is 1. The summed E-state index contributed by atoms with van der Waals surface area (Å²) in [7, 11) is 0. The standard InChI is InChI=1S/C15H14ClNOS/c16-13-6-3-12(4-7-13)5-8-15(18)17-10-9-14-2-1-11-19-14/h1-8,11H,9-10H2,(H,17,18)/b8-5+. The van der Waals surface area contributed by atoms with Crippen molar-refractivity contribution in [1.29, 1.82) is 0 Å². The van der Waals surface area contributed by atoms with Gasteiger partial charge in [0.05, 0.1) is 0 Å². The summed E-state index contributed by atoms with van der Waals surface area (Å²) in [5.74, 6) is -0.0773. The maximum atomic E-state index is 11.6. The van der Waals surface area contributed by atoms with E-state index in [2.05, 4.69) is 11.4 Å². The van der Waals surface area contributed by atoms with Crippen LogP contribution in [0, 0.1) is 0 Å². The van der Waals surface area contributed by atoms with E-state index in [9.17, 15) is 4.79 Å². The molecule has 2 aromatic rings. The van der Waals surface area contributed by atoms with E-state index in [-0.39, 0.29) is 5.91 Å². The predicted octanol–water partition coefficient (Wildman–Crippen LogP) is 3.77. The fraction of sp³-hybridized carbons (Fsp3) is 0.133. The molecule has 0 spiro atoms. The normalized spacial score (nSPS) is 10.8. The molecule has 0 unspecified atom stereocenters. The van der Waals surface area contributed by atoms with Gasteiger partial charge in [-0.25, -0.2) is 0 Å². The second-order valence-corrected chi connectivity index (χ2v) is 5.47. The summed E-state index contributed by atoms with van der Waals surface area (Å²) < 4.78 is 0. The van der Waals surface area contributed by atoms with E-state index < -0.39 is 0 Å². The molecule has 1 heterocycles.